The van der Waals surface area contributed by atoms with Crippen LogP contribution in [-0.4, -0.2) is 11.9 Å². The molecule has 4 aromatic carbocycles. The fourth-order valence-electron chi connectivity index (χ4n) is 3.33. The molecular weight excluding hydrogens is 516 g/mol. The Labute approximate surface area is 209 Å². The van der Waals surface area contributed by atoms with E-state index >= 15 is 0 Å². The highest BCUT2D eigenvalue weighted by atomic mass is 79.9. The molecule has 0 unspecified atom stereocenters. The molecule has 0 atom stereocenters. The summed E-state index contributed by atoms with van der Waals surface area (Å²) in [5.74, 6) is -0.733. The molecule has 34 heavy (non-hydrogen) atoms. The number of carbonyl (C=O) groups is 2. The molecule has 4 aromatic rings. The molecule has 0 saturated heterocycles. The molecule has 0 bridgehead atoms. The van der Waals surface area contributed by atoms with Gasteiger partial charge in [-0.05, 0) is 74.7 Å². The number of rotatable bonds is 5. The Bertz CT molecular complexity index is 1490. The van der Waals surface area contributed by atoms with Crippen LogP contribution in [0, 0.1) is 11.3 Å². The molecule has 0 heterocycles. The molecular formula is C27H16BrClN2O3. The number of ether oxygens (including phenoxy) is 1. The van der Waals surface area contributed by atoms with Crippen LogP contribution in [0.1, 0.15) is 15.9 Å². The first-order valence-electron chi connectivity index (χ1n) is 10.1. The number of fused-ring (bicyclic) bond motifs is 1. The maximum atomic E-state index is 12.8. The number of nitrogens with one attached hydrogen (secondary N) is 1. The van der Waals surface area contributed by atoms with Crippen molar-refractivity contribution in [1.29, 1.82) is 5.26 Å². The van der Waals surface area contributed by atoms with Crippen LogP contribution < -0.4 is 10.1 Å². The molecule has 0 aliphatic heterocycles. The van der Waals surface area contributed by atoms with Crippen molar-refractivity contribution in [3.63, 3.8) is 0 Å². The Morgan fingerprint density at radius 3 is 2.50 bits per heavy atom. The van der Waals surface area contributed by atoms with Crippen LogP contribution in [0.15, 0.2) is 95.0 Å². The number of benzene rings is 4. The van der Waals surface area contributed by atoms with E-state index in [2.05, 4.69) is 21.2 Å². The van der Waals surface area contributed by atoms with E-state index in [1.165, 1.54) is 6.08 Å². The zero-order valence-electron chi connectivity index (χ0n) is 17.6. The van der Waals surface area contributed by atoms with Gasteiger partial charge >= 0.3 is 5.97 Å². The number of hydrogen-bond donors (Lipinski definition) is 1. The summed E-state index contributed by atoms with van der Waals surface area (Å²) in [6.45, 7) is 0. The van der Waals surface area contributed by atoms with Crippen molar-refractivity contribution in [1.82, 2.24) is 0 Å². The van der Waals surface area contributed by atoms with E-state index in [0.717, 1.165) is 10.8 Å². The smallest absolute Gasteiger partial charge is 0.344 e. The second-order valence-electron chi connectivity index (χ2n) is 7.24. The lowest BCUT2D eigenvalue weighted by Crippen LogP contribution is -2.13. The Morgan fingerprint density at radius 1 is 0.971 bits per heavy atom. The van der Waals surface area contributed by atoms with Gasteiger partial charge in [0.2, 0.25) is 0 Å². The molecule has 5 nitrogen and oxygen atoms in total. The number of hydrogen-bond acceptors (Lipinski definition) is 4. The summed E-state index contributed by atoms with van der Waals surface area (Å²) in [7, 11) is 0. The molecule has 4 rings (SSSR count). The Hall–Kier alpha value is -3.92. The third-order valence-corrected chi connectivity index (χ3v) is 5.78. The summed E-state index contributed by atoms with van der Waals surface area (Å²) in [5.41, 5.74) is 1.43. The minimum Gasteiger partial charge on any atom is -0.422 e. The van der Waals surface area contributed by atoms with Crippen molar-refractivity contribution < 1.29 is 14.3 Å². The Morgan fingerprint density at radius 2 is 1.74 bits per heavy atom. The van der Waals surface area contributed by atoms with Gasteiger partial charge in [0.1, 0.15) is 17.4 Å². The zero-order valence-corrected chi connectivity index (χ0v) is 19.9. The molecule has 0 radical (unpaired) electrons. The molecule has 7 heteroatoms. The topological polar surface area (TPSA) is 79.2 Å². The van der Waals surface area contributed by atoms with Crippen molar-refractivity contribution in [3.05, 3.63) is 111 Å². The van der Waals surface area contributed by atoms with E-state index in [1.54, 1.807) is 54.6 Å². The quantitative estimate of drug-likeness (QED) is 0.130. The monoisotopic (exact) mass is 530 g/mol. The van der Waals surface area contributed by atoms with Gasteiger partial charge in [-0.1, -0.05) is 60.1 Å². The first kappa shape index (κ1) is 23.2. The lowest BCUT2D eigenvalue weighted by Gasteiger charge is -2.09. The summed E-state index contributed by atoms with van der Waals surface area (Å²) in [5, 5.41) is 14.3. The molecule has 0 spiro atoms. The number of nitrogens with zero attached hydrogens (tertiary/aromatic N) is 1. The highest BCUT2D eigenvalue weighted by Gasteiger charge is 2.15. The molecule has 1 N–H and O–H groups in total. The van der Waals surface area contributed by atoms with Gasteiger partial charge < -0.3 is 10.1 Å². The predicted molar refractivity (Wildman–Crippen MR) is 137 cm³/mol. The second-order valence-corrected chi connectivity index (χ2v) is 8.53. The van der Waals surface area contributed by atoms with Gasteiger partial charge in [0.05, 0.1) is 10.0 Å². The van der Waals surface area contributed by atoms with Gasteiger partial charge in [0, 0.05) is 10.7 Å². The molecule has 0 aliphatic carbocycles. The van der Waals surface area contributed by atoms with E-state index in [1.807, 2.05) is 36.4 Å². The van der Waals surface area contributed by atoms with Gasteiger partial charge in [-0.25, -0.2) is 4.79 Å². The SMILES string of the molecule is N#C/C(=C\c1ccc(OC(=O)c2cccc3ccccc23)c(Br)c1)C(=O)Nc1cccc(Cl)c1. The van der Waals surface area contributed by atoms with E-state index < -0.39 is 11.9 Å². The van der Waals surface area contributed by atoms with E-state index in [9.17, 15) is 14.9 Å². The summed E-state index contributed by atoms with van der Waals surface area (Å²) in [6, 6.07) is 26.5. The van der Waals surface area contributed by atoms with Crippen LogP contribution >= 0.6 is 27.5 Å². The number of anilines is 1. The van der Waals surface area contributed by atoms with Gasteiger partial charge in [0.15, 0.2) is 0 Å². The molecule has 1 amide bonds. The third-order valence-electron chi connectivity index (χ3n) is 4.93. The van der Waals surface area contributed by atoms with Crippen LogP contribution in [0.5, 0.6) is 5.75 Å². The number of halogens is 2. The maximum Gasteiger partial charge on any atom is 0.344 e. The largest absolute Gasteiger partial charge is 0.422 e. The van der Waals surface area contributed by atoms with Gasteiger partial charge in [-0.2, -0.15) is 5.26 Å². The van der Waals surface area contributed by atoms with Crippen molar-refractivity contribution >= 4 is 61.9 Å². The summed E-state index contributed by atoms with van der Waals surface area (Å²) >= 11 is 9.34. The van der Waals surface area contributed by atoms with Crippen LogP contribution in [0.3, 0.4) is 0 Å². The highest BCUT2D eigenvalue weighted by Crippen LogP contribution is 2.29. The predicted octanol–water partition coefficient (Wildman–Crippen LogP) is 7.02. The number of carbonyl (C=O) groups excluding carboxylic acids is 2. The Kier molecular flexibility index (Phi) is 7.07. The number of amides is 1. The van der Waals surface area contributed by atoms with Crippen molar-refractivity contribution in [2.75, 3.05) is 5.32 Å². The first-order valence-corrected chi connectivity index (χ1v) is 11.3. The third kappa shape index (κ3) is 5.34. The van der Waals surface area contributed by atoms with Crippen molar-refractivity contribution in [2.24, 2.45) is 0 Å². The van der Waals surface area contributed by atoms with Crippen LogP contribution in [0.2, 0.25) is 5.02 Å². The summed E-state index contributed by atoms with van der Waals surface area (Å²) in [6.07, 6.45) is 1.45. The molecule has 0 aromatic heterocycles. The van der Waals surface area contributed by atoms with Crippen LogP contribution in [0.25, 0.3) is 16.8 Å². The summed E-state index contributed by atoms with van der Waals surface area (Å²) in [4.78, 5) is 25.3. The molecule has 166 valence electrons. The lowest BCUT2D eigenvalue weighted by molar-refractivity contribution is -0.112. The molecule has 0 aliphatic rings. The van der Waals surface area contributed by atoms with E-state index in [0.29, 0.717) is 32.1 Å². The van der Waals surface area contributed by atoms with Gasteiger partial charge in [-0.15, -0.1) is 0 Å². The Balaban J connectivity index is 1.53. The summed E-state index contributed by atoms with van der Waals surface area (Å²) < 4.78 is 6.10. The fourth-order valence-corrected chi connectivity index (χ4v) is 4.00. The zero-order chi connectivity index (χ0) is 24.1. The standard InChI is InChI=1S/C27H16BrClN2O3/c28-24-14-17(13-19(16-30)26(32)31-21-8-4-7-20(29)15-21)11-12-25(24)34-27(33)23-10-3-6-18-5-1-2-9-22(18)23/h1-15H,(H,31,32)/b19-13+. The lowest BCUT2D eigenvalue weighted by atomic mass is 10.0. The van der Waals surface area contributed by atoms with E-state index in [4.69, 9.17) is 16.3 Å². The van der Waals surface area contributed by atoms with E-state index in [-0.39, 0.29) is 5.57 Å². The van der Waals surface area contributed by atoms with Crippen molar-refractivity contribution in [3.8, 4) is 11.8 Å². The van der Waals surface area contributed by atoms with Gasteiger partial charge in [-0.3, -0.25) is 4.79 Å². The van der Waals surface area contributed by atoms with Crippen molar-refractivity contribution in [2.45, 2.75) is 0 Å². The maximum absolute atomic E-state index is 12.8. The average Bonchev–Trinajstić information content (AvgIpc) is 2.83. The first-order chi connectivity index (χ1) is 16.4. The fraction of sp³-hybridized carbons (Fsp3) is 0. The van der Waals surface area contributed by atoms with Gasteiger partial charge in [0.25, 0.3) is 5.91 Å². The van der Waals surface area contributed by atoms with Crippen LogP contribution in [-0.2, 0) is 4.79 Å². The minimum atomic E-state index is -0.563. The molecule has 0 fully saturated rings. The highest BCUT2D eigenvalue weighted by molar-refractivity contribution is 9.10. The van der Waals surface area contributed by atoms with Crippen LogP contribution in [0.4, 0.5) is 5.69 Å². The number of esters is 1. The minimum absolute atomic E-state index is 0.0904. The number of nitriles is 1. The normalized spacial score (nSPS) is 11.0. The molecule has 0 saturated carbocycles. The second kappa shape index (κ2) is 10.3. The average molecular weight is 532 g/mol.